The van der Waals surface area contributed by atoms with E-state index in [2.05, 4.69) is 0 Å². The fourth-order valence-electron chi connectivity index (χ4n) is 8.59. The summed E-state index contributed by atoms with van der Waals surface area (Å²) in [5.74, 6) is -4.59. The molecule has 2 saturated carbocycles. The number of Topliss-reactive ketones (excluding diaryl/α,β-unsaturated/α-hetero) is 1. The number of fused-ring (bicyclic) bond motifs is 6. The normalized spacial score (nSPS) is 37.0. The molecule has 5 aliphatic rings. The third kappa shape index (κ3) is 4.46. The molecule has 240 valence electrons. The van der Waals surface area contributed by atoms with Gasteiger partial charge in [0.1, 0.15) is 18.3 Å². The molecule has 0 radical (unpaired) electrons. The van der Waals surface area contributed by atoms with E-state index in [0.717, 1.165) is 0 Å². The third-order valence-corrected chi connectivity index (χ3v) is 10.6. The van der Waals surface area contributed by atoms with Crippen LogP contribution in [0.15, 0.2) is 47.6 Å². The molecular formula is C34H38O11. The van der Waals surface area contributed by atoms with Gasteiger partial charge >= 0.3 is 17.9 Å². The summed E-state index contributed by atoms with van der Waals surface area (Å²) in [7, 11) is 0. The lowest BCUT2D eigenvalue weighted by Crippen LogP contribution is -2.66. The average Bonchev–Trinajstić information content (AvgIpc) is 3.22. The largest absolute Gasteiger partial charge is 0.461 e. The van der Waals surface area contributed by atoms with Gasteiger partial charge in [-0.1, -0.05) is 39.0 Å². The van der Waals surface area contributed by atoms with Crippen molar-refractivity contribution >= 4 is 29.8 Å². The summed E-state index contributed by atoms with van der Waals surface area (Å²) < 4.78 is 28.2. The number of benzene rings is 1. The van der Waals surface area contributed by atoms with Gasteiger partial charge in [0.15, 0.2) is 22.9 Å². The molecule has 4 aliphatic carbocycles. The fraction of sp³-hybridized carbons (Fsp3) is 0.529. The molecule has 0 spiro atoms. The number of aliphatic hydroxyl groups is 2. The van der Waals surface area contributed by atoms with Gasteiger partial charge in [0, 0.05) is 55.4 Å². The second-order valence-corrected chi connectivity index (χ2v) is 13.5. The second kappa shape index (κ2) is 10.3. The summed E-state index contributed by atoms with van der Waals surface area (Å²) in [5.41, 5.74) is -4.57. The summed E-state index contributed by atoms with van der Waals surface area (Å²) in [5, 5.41) is 24.9. The zero-order chi connectivity index (χ0) is 32.7. The minimum Gasteiger partial charge on any atom is -0.461 e. The molecule has 0 bridgehead atoms. The molecule has 1 aliphatic heterocycles. The van der Waals surface area contributed by atoms with Crippen molar-refractivity contribution < 1.29 is 53.1 Å². The first kappa shape index (κ1) is 31.0. The van der Waals surface area contributed by atoms with Crippen molar-refractivity contribution in [1.82, 2.24) is 0 Å². The van der Waals surface area contributed by atoms with Crippen LogP contribution in [0, 0.1) is 29.1 Å². The molecule has 11 nitrogen and oxygen atoms in total. The predicted molar refractivity (Wildman–Crippen MR) is 157 cm³/mol. The van der Waals surface area contributed by atoms with Crippen LogP contribution in [0.4, 0.5) is 0 Å². The van der Waals surface area contributed by atoms with E-state index in [1.807, 2.05) is 13.8 Å². The third-order valence-electron chi connectivity index (χ3n) is 10.6. The average molecular weight is 623 g/mol. The molecule has 1 aromatic rings. The van der Waals surface area contributed by atoms with Gasteiger partial charge < -0.3 is 33.9 Å². The number of esters is 3. The highest BCUT2D eigenvalue weighted by Gasteiger charge is 2.87. The highest BCUT2D eigenvalue weighted by Crippen LogP contribution is 2.77. The number of hydrogen-bond donors (Lipinski definition) is 2. The Morgan fingerprint density at radius 2 is 1.78 bits per heavy atom. The van der Waals surface area contributed by atoms with E-state index >= 15 is 0 Å². The van der Waals surface area contributed by atoms with Gasteiger partial charge in [0.2, 0.25) is 6.79 Å². The highest BCUT2D eigenvalue weighted by molar-refractivity contribution is 6.05. The quantitative estimate of drug-likeness (QED) is 0.208. The number of carbonyl (C=O) groups excluding carboxylic acids is 4. The van der Waals surface area contributed by atoms with E-state index in [1.54, 1.807) is 50.3 Å². The molecule has 0 amide bonds. The number of ether oxygens (including phenoxy) is 5. The van der Waals surface area contributed by atoms with Crippen LogP contribution >= 0.6 is 0 Å². The Morgan fingerprint density at radius 3 is 2.47 bits per heavy atom. The van der Waals surface area contributed by atoms with Crippen LogP contribution in [0.25, 0.3) is 6.08 Å². The van der Waals surface area contributed by atoms with Crippen molar-refractivity contribution in [2.75, 3.05) is 13.4 Å². The molecule has 6 rings (SSSR count). The molecule has 0 unspecified atom stereocenters. The number of carbonyl (C=O) groups is 4. The monoisotopic (exact) mass is 622 g/mol. The Labute approximate surface area is 260 Å². The smallest absolute Gasteiger partial charge is 0.331 e. The lowest BCUT2D eigenvalue weighted by atomic mass is 9.59. The zero-order valence-electron chi connectivity index (χ0n) is 26.1. The minimum atomic E-state index is -2.03. The number of rotatable bonds is 6. The first-order valence-electron chi connectivity index (χ1n) is 15.1. The van der Waals surface area contributed by atoms with E-state index < -0.39 is 75.7 Å². The molecule has 2 N–H and O–H groups in total. The van der Waals surface area contributed by atoms with Crippen LogP contribution in [-0.2, 0) is 33.4 Å². The van der Waals surface area contributed by atoms with Gasteiger partial charge in [-0.25, -0.2) is 4.79 Å². The maximum absolute atomic E-state index is 13.5. The lowest BCUT2D eigenvalue weighted by Gasteiger charge is -2.53. The molecule has 8 atom stereocenters. The van der Waals surface area contributed by atoms with Crippen LogP contribution in [0.2, 0.25) is 0 Å². The summed E-state index contributed by atoms with van der Waals surface area (Å²) >= 11 is 0. The van der Waals surface area contributed by atoms with Crippen LogP contribution in [0.5, 0.6) is 11.5 Å². The molecule has 0 aromatic heterocycles. The van der Waals surface area contributed by atoms with E-state index in [1.165, 1.54) is 19.9 Å². The fourth-order valence-corrected chi connectivity index (χ4v) is 8.59. The minimum absolute atomic E-state index is 0.111. The number of hydrogen-bond acceptors (Lipinski definition) is 11. The molecule has 45 heavy (non-hydrogen) atoms. The van der Waals surface area contributed by atoms with Crippen LogP contribution in [0.1, 0.15) is 53.5 Å². The Morgan fingerprint density at radius 1 is 1.07 bits per heavy atom. The van der Waals surface area contributed by atoms with Crippen molar-refractivity contribution in [3.8, 4) is 11.5 Å². The van der Waals surface area contributed by atoms with Crippen molar-refractivity contribution in [2.24, 2.45) is 29.1 Å². The van der Waals surface area contributed by atoms with E-state index in [9.17, 15) is 29.4 Å². The van der Waals surface area contributed by atoms with Gasteiger partial charge in [0.05, 0.1) is 5.60 Å². The Kier molecular flexibility index (Phi) is 7.09. The van der Waals surface area contributed by atoms with Crippen LogP contribution < -0.4 is 9.47 Å². The van der Waals surface area contributed by atoms with E-state index in [-0.39, 0.29) is 19.8 Å². The summed E-state index contributed by atoms with van der Waals surface area (Å²) in [6.07, 6.45) is 4.82. The van der Waals surface area contributed by atoms with E-state index in [4.69, 9.17) is 23.7 Å². The Balaban J connectivity index is 1.42. The Bertz CT molecular complexity index is 1590. The molecule has 11 heteroatoms. The first-order valence-corrected chi connectivity index (χ1v) is 15.1. The standard InChI is InChI=1S/C34H38O11/c1-17-11-26-32(39,29(17)38)14-22(15-41-19(3)35)12-23-28-31(5,6)34(28,45-20(4)36)30(18(2)33(23,26)40)44-27(37)10-8-21-7-9-24-25(13-21)43-16-42-24/h7-13,18,23,26,28,30,39-40H,14-16H2,1-6H3/b10-8+/t18-,23+,26-,28-,30-,32-,33-,34-/m1/s1. The van der Waals surface area contributed by atoms with Crippen molar-refractivity contribution in [3.05, 3.63) is 53.1 Å². The van der Waals surface area contributed by atoms with E-state index in [0.29, 0.717) is 28.2 Å². The maximum Gasteiger partial charge on any atom is 0.331 e. The maximum atomic E-state index is 13.5. The van der Waals surface area contributed by atoms with Gasteiger partial charge in [-0.2, -0.15) is 0 Å². The molecular weight excluding hydrogens is 584 g/mol. The zero-order valence-corrected chi connectivity index (χ0v) is 26.1. The Hall–Kier alpha value is -3.96. The molecule has 0 saturated heterocycles. The predicted octanol–water partition coefficient (Wildman–Crippen LogP) is 3.06. The summed E-state index contributed by atoms with van der Waals surface area (Å²) in [6.45, 7) is 9.47. The topological polar surface area (TPSA) is 155 Å². The molecule has 1 aromatic carbocycles. The molecule has 1 heterocycles. The van der Waals surface area contributed by atoms with Crippen molar-refractivity contribution in [3.63, 3.8) is 0 Å². The summed E-state index contributed by atoms with van der Waals surface area (Å²) in [4.78, 5) is 51.2. The van der Waals surface area contributed by atoms with Crippen molar-refractivity contribution in [2.45, 2.75) is 70.9 Å². The summed E-state index contributed by atoms with van der Waals surface area (Å²) in [6, 6.07) is 5.21. The van der Waals surface area contributed by atoms with Crippen LogP contribution in [-0.4, -0.2) is 70.2 Å². The van der Waals surface area contributed by atoms with Gasteiger partial charge in [0.25, 0.3) is 0 Å². The number of ketones is 1. The second-order valence-electron chi connectivity index (χ2n) is 13.5. The van der Waals surface area contributed by atoms with Gasteiger partial charge in [-0.15, -0.1) is 0 Å². The highest BCUT2D eigenvalue weighted by atomic mass is 16.7. The van der Waals surface area contributed by atoms with Crippen LogP contribution in [0.3, 0.4) is 0 Å². The van der Waals surface area contributed by atoms with Crippen molar-refractivity contribution in [1.29, 1.82) is 0 Å². The van der Waals surface area contributed by atoms with Gasteiger partial charge in [-0.05, 0) is 41.8 Å². The first-order chi connectivity index (χ1) is 21.1. The lowest BCUT2D eigenvalue weighted by molar-refractivity contribution is -0.226. The van der Waals surface area contributed by atoms with Gasteiger partial charge in [-0.3, -0.25) is 14.4 Å². The molecule has 2 fully saturated rings. The SMILES string of the molecule is CC(=O)OCC1=C[C@H]2[C@@H]3C(C)(C)[C@]3(OC(C)=O)[C@H](OC(=O)/C=C/c3ccc4c(c3)OCO4)[C@@H](C)[C@]2(O)[C@@H]2C=C(C)C(=O)[C@@]2(O)C1.